The lowest BCUT2D eigenvalue weighted by Crippen LogP contribution is -2.30. The van der Waals surface area contributed by atoms with Crippen molar-refractivity contribution < 1.29 is 5.11 Å². The summed E-state index contributed by atoms with van der Waals surface area (Å²) in [6.45, 7) is 2.73. The molecule has 17 heavy (non-hydrogen) atoms. The van der Waals surface area contributed by atoms with E-state index in [0.29, 0.717) is 5.69 Å². The summed E-state index contributed by atoms with van der Waals surface area (Å²) in [5, 5.41) is 12.6. The van der Waals surface area contributed by atoms with Crippen LogP contribution in [0.25, 0.3) is 0 Å². The van der Waals surface area contributed by atoms with Crippen molar-refractivity contribution in [2.24, 2.45) is 0 Å². The molecule has 1 aromatic heterocycles. The molecule has 94 valence electrons. The number of aromatic nitrogens is 1. The van der Waals surface area contributed by atoms with Crippen LogP contribution < -0.4 is 10.9 Å². The molecule has 4 heteroatoms. The summed E-state index contributed by atoms with van der Waals surface area (Å²) in [6, 6.07) is 3.97. The average molecular weight is 236 g/mol. The number of rotatable bonds is 3. The monoisotopic (exact) mass is 236 g/mol. The SMILES string of the molecule is CCNc1cccn([C@H]2CC[C@H](O)CC2)c1=O. The van der Waals surface area contributed by atoms with E-state index in [1.54, 1.807) is 0 Å². The first kappa shape index (κ1) is 12.2. The van der Waals surface area contributed by atoms with Crippen molar-refractivity contribution in [3.8, 4) is 0 Å². The summed E-state index contributed by atoms with van der Waals surface area (Å²) in [7, 11) is 0. The van der Waals surface area contributed by atoms with Gasteiger partial charge in [-0.1, -0.05) is 0 Å². The minimum atomic E-state index is -0.182. The lowest BCUT2D eigenvalue weighted by atomic mass is 9.93. The molecule has 0 aromatic carbocycles. The first-order valence-electron chi connectivity index (χ1n) is 6.35. The number of hydrogen-bond acceptors (Lipinski definition) is 3. The van der Waals surface area contributed by atoms with E-state index >= 15 is 0 Å². The van der Waals surface area contributed by atoms with Crippen LogP contribution >= 0.6 is 0 Å². The number of nitrogens with one attached hydrogen (secondary N) is 1. The maximum atomic E-state index is 12.2. The minimum Gasteiger partial charge on any atom is -0.393 e. The molecule has 1 aliphatic carbocycles. The third kappa shape index (κ3) is 2.69. The summed E-state index contributed by atoms with van der Waals surface area (Å²) in [5.41, 5.74) is 0.719. The zero-order valence-electron chi connectivity index (χ0n) is 10.2. The zero-order chi connectivity index (χ0) is 12.3. The molecule has 0 spiro atoms. The van der Waals surface area contributed by atoms with Crippen molar-refractivity contribution >= 4 is 5.69 Å². The maximum Gasteiger partial charge on any atom is 0.274 e. The molecule has 4 nitrogen and oxygen atoms in total. The van der Waals surface area contributed by atoms with Crippen LogP contribution in [0, 0.1) is 0 Å². The fourth-order valence-corrected chi connectivity index (χ4v) is 2.46. The van der Waals surface area contributed by atoms with Crippen LogP contribution in [0.1, 0.15) is 38.6 Å². The van der Waals surface area contributed by atoms with Gasteiger partial charge in [0.1, 0.15) is 5.69 Å². The molecule has 1 heterocycles. The van der Waals surface area contributed by atoms with Crippen molar-refractivity contribution in [1.29, 1.82) is 0 Å². The smallest absolute Gasteiger partial charge is 0.274 e. The van der Waals surface area contributed by atoms with Gasteiger partial charge in [-0.2, -0.15) is 0 Å². The van der Waals surface area contributed by atoms with Crippen LogP contribution in [-0.4, -0.2) is 22.3 Å². The second-order valence-electron chi connectivity index (χ2n) is 4.63. The molecule has 1 aromatic rings. The Labute approximate surface area is 101 Å². The molecule has 1 fully saturated rings. The van der Waals surface area contributed by atoms with E-state index in [4.69, 9.17) is 0 Å². The van der Waals surface area contributed by atoms with E-state index in [9.17, 15) is 9.90 Å². The second kappa shape index (κ2) is 5.36. The second-order valence-corrected chi connectivity index (χ2v) is 4.63. The summed E-state index contributed by atoms with van der Waals surface area (Å²) in [6.07, 6.45) is 5.03. The fourth-order valence-electron chi connectivity index (χ4n) is 2.46. The average Bonchev–Trinajstić information content (AvgIpc) is 2.34. The predicted molar refractivity (Wildman–Crippen MR) is 68.4 cm³/mol. The Morgan fingerprint density at radius 2 is 2.12 bits per heavy atom. The van der Waals surface area contributed by atoms with Crippen molar-refractivity contribution in [3.05, 3.63) is 28.7 Å². The van der Waals surface area contributed by atoms with Gasteiger partial charge in [-0.25, -0.2) is 0 Å². The van der Waals surface area contributed by atoms with Crippen molar-refractivity contribution in [3.63, 3.8) is 0 Å². The minimum absolute atomic E-state index is 0.0516. The molecule has 2 rings (SSSR count). The Bertz CT molecular complexity index is 420. The topological polar surface area (TPSA) is 54.3 Å². The molecule has 0 amide bonds. The van der Waals surface area contributed by atoms with E-state index in [0.717, 1.165) is 32.2 Å². The number of aliphatic hydroxyl groups is 1. The van der Waals surface area contributed by atoms with Crippen molar-refractivity contribution in [2.75, 3.05) is 11.9 Å². The Morgan fingerprint density at radius 1 is 1.41 bits per heavy atom. The van der Waals surface area contributed by atoms with E-state index < -0.39 is 0 Å². The van der Waals surface area contributed by atoms with Crippen LogP contribution in [0.2, 0.25) is 0 Å². The molecule has 0 radical (unpaired) electrons. The van der Waals surface area contributed by atoms with Crippen LogP contribution in [0.3, 0.4) is 0 Å². The third-order valence-electron chi connectivity index (χ3n) is 3.40. The van der Waals surface area contributed by atoms with E-state index in [-0.39, 0.29) is 17.7 Å². The van der Waals surface area contributed by atoms with Gasteiger partial charge in [0.25, 0.3) is 5.56 Å². The highest BCUT2D eigenvalue weighted by atomic mass is 16.3. The first-order valence-corrected chi connectivity index (χ1v) is 6.35. The largest absolute Gasteiger partial charge is 0.393 e. The molecule has 0 atom stereocenters. The number of aliphatic hydroxyl groups excluding tert-OH is 1. The Kier molecular flexibility index (Phi) is 3.84. The number of anilines is 1. The maximum absolute atomic E-state index is 12.2. The van der Waals surface area contributed by atoms with Crippen LogP contribution in [-0.2, 0) is 0 Å². The number of pyridine rings is 1. The van der Waals surface area contributed by atoms with Gasteiger partial charge >= 0.3 is 0 Å². The fraction of sp³-hybridized carbons (Fsp3) is 0.615. The summed E-state index contributed by atoms with van der Waals surface area (Å²) in [4.78, 5) is 12.2. The van der Waals surface area contributed by atoms with E-state index in [1.807, 2.05) is 29.8 Å². The Balaban J connectivity index is 2.21. The van der Waals surface area contributed by atoms with Crippen molar-refractivity contribution in [1.82, 2.24) is 4.57 Å². The highest BCUT2D eigenvalue weighted by Gasteiger charge is 2.21. The molecular formula is C13H20N2O2. The van der Waals surface area contributed by atoms with Gasteiger partial charge < -0.3 is 15.0 Å². The van der Waals surface area contributed by atoms with Gasteiger partial charge in [0.15, 0.2) is 0 Å². The molecule has 1 aliphatic rings. The van der Waals surface area contributed by atoms with Crippen LogP contribution in [0.4, 0.5) is 5.69 Å². The molecule has 0 aliphatic heterocycles. The summed E-state index contributed by atoms with van der Waals surface area (Å²) >= 11 is 0. The van der Waals surface area contributed by atoms with Gasteiger partial charge in [-0.15, -0.1) is 0 Å². The molecule has 2 N–H and O–H groups in total. The highest BCUT2D eigenvalue weighted by Crippen LogP contribution is 2.27. The van der Waals surface area contributed by atoms with Crippen molar-refractivity contribution in [2.45, 2.75) is 44.8 Å². The van der Waals surface area contributed by atoms with E-state index in [1.165, 1.54) is 0 Å². The first-order chi connectivity index (χ1) is 8.22. The Morgan fingerprint density at radius 3 is 2.76 bits per heavy atom. The van der Waals surface area contributed by atoms with Gasteiger partial charge in [-0.05, 0) is 44.7 Å². The third-order valence-corrected chi connectivity index (χ3v) is 3.40. The quantitative estimate of drug-likeness (QED) is 0.840. The van der Waals surface area contributed by atoms with Gasteiger partial charge in [0, 0.05) is 18.8 Å². The lowest BCUT2D eigenvalue weighted by molar-refractivity contribution is 0.110. The lowest BCUT2D eigenvalue weighted by Gasteiger charge is -2.27. The molecule has 0 bridgehead atoms. The number of nitrogens with zero attached hydrogens (tertiary/aromatic N) is 1. The summed E-state index contributed by atoms with van der Waals surface area (Å²) < 4.78 is 1.81. The molecule has 0 unspecified atom stereocenters. The standard InChI is InChI=1S/C13H20N2O2/c1-2-14-12-4-3-9-15(13(12)17)10-5-7-11(16)8-6-10/h3-4,9-11,14,16H,2,5-8H2,1H3/t10-,11-. The normalized spacial score (nSPS) is 24.6. The Hall–Kier alpha value is -1.29. The zero-order valence-corrected chi connectivity index (χ0v) is 10.2. The molecular weight excluding hydrogens is 216 g/mol. The van der Waals surface area contributed by atoms with Crippen LogP contribution in [0.15, 0.2) is 23.1 Å². The highest BCUT2D eigenvalue weighted by molar-refractivity contribution is 5.40. The van der Waals surface area contributed by atoms with Gasteiger partial charge in [0.2, 0.25) is 0 Å². The number of hydrogen-bond donors (Lipinski definition) is 2. The molecule has 0 saturated heterocycles. The predicted octanol–water partition coefficient (Wildman–Crippen LogP) is 1.76. The van der Waals surface area contributed by atoms with E-state index in [2.05, 4.69) is 5.32 Å². The van der Waals surface area contributed by atoms with Gasteiger partial charge in [-0.3, -0.25) is 4.79 Å². The van der Waals surface area contributed by atoms with Gasteiger partial charge in [0.05, 0.1) is 6.10 Å². The molecule has 1 saturated carbocycles. The van der Waals surface area contributed by atoms with Crippen LogP contribution in [0.5, 0.6) is 0 Å². The summed E-state index contributed by atoms with van der Waals surface area (Å²) in [5.74, 6) is 0.